The van der Waals surface area contributed by atoms with Crippen LogP contribution in [0.25, 0.3) is 27.5 Å². The summed E-state index contributed by atoms with van der Waals surface area (Å²) in [6.07, 6.45) is 3.43. The Balaban J connectivity index is 1.65. The predicted molar refractivity (Wildman–Crippen MR) is 113 cm³/mol. The number of rotatable bonds is 4. The van der Waals surface area contributed by atoms with Crippen LogP contribution in [0.1, 0.15) is 11.1 Å². The van der Waals surface area contributed by atoms with Gasteiger partial charge in [0.15, 0.2) is 0 Å². The van der Waals surface area contributed by atoms with Crippen molar-refractivity contribution in [3.63, 3.8) is 0 Å². The van der Waals surface area contributed by atoms with E-state index >= 15 is 0 Å². The lowest BCUT2D eigenvalue weighted by atomic mass is 9.86. The fourth-order valence-corrected chi connectivity index (χ4v) is 4.05. The van der Waals surface area contributed by atoms with Crippen LogP contribution in [0, 0.1) is 5.82 Å². The molecule has 0 aliphatic rings. The highest BCUT2D eigenvalue weighted by molar-refractivity contribution is 5.86. The van der Waals surface area contributed by atoms with Gasteiger partial charge in [0.25, 0.3) is 0 Å². The van der Waals surface area contributed by atoms with E-state index in [0.717, 1.165) is 21.8 Å². The third kappa shape index (κ3) is 2.72. The highest BCUT2D eigenvalue weighted by Gasteiger charge is 2.35. The van der Waals surface area contributed by atoms with Crippen LogP contribution in [0.5, 0.6) is 0 Å². The summed E-state index contributed by atoms with van der Waals surface area (Å²) < 4.78 is 31.2. The average Bonchev–Trinajstić information content (AvgIpc) is 3.35. The number of aryl methyl sites for hydroxylation is 1. The van der Waals surface area contributed by atoms with Crippen LogP contribution in [0.2, 0.25) is 0 Å². The predicted octanol–water partition coefficient (Wildman–Crippen LogP) is 4.86. The molecule has 0 fully saturated rings. The molecule has 30 heavy (non-hydrogen) atoms. The summed E-state index contributed by atoms with van der Waals surface area (Å²) in [6.45, 7) is -0.960. The number of halogens is 2. The molecule has 0 bridgehead atoms. The summed E-state index contributed by atoms with van der Waals surface area (Å²) in [7, 11) is 1.88. The summed E-state index contributed by atoms with van der Waals surface area (Å²) in [5.41, 5.74) is 1.61. The summed E-state index contributed by atoms with van der Waals surface area (Å²) in [4.78, 5) is 0. The standard InChI is InChI=1S/C24H19F2N3O/c1-28-14-21(20-4-2-3-5-23(20)28)24(30,15-25)17-6-11-22-16(12-17)13-27-29(22)19-9-7-18(26)8-10-19/h2-14,30H,15H2,1H3. The summed E-state index contributed by atoms with van der Waals surface area (Å²) in [5.74, 6) is -0.319. The van der Waals surface area contributed by atoms with Gasteiger partial charge in [-0.1, -0.05) is 24.3 Å². The fraction of sp³-hybridized carbons (Fsp3) is 0.125. The summed E-state index contributed by atoms with van der Waals surface area (Å²) >= 11 is 0. The minimum Gasteiger partial charge on any atom is -0.378 e. The molecular weight excluding hydrogens is 384 g/mol. The highest BCUT2D eigenvalue weighted by Crippen LogP contribution is 2.37. The van der Waals surface area contributed by atoms with Gasteiger partial charge in [0.05, 0.1) is 17.4 Å². The van der Waals surface area contributed by atoms with E-state index in [1.54, 1.807) is 47.4 Å². The van der Waals surface area contributed by atoms with Crippen molar-refractivity contribution in [3.8, 4) is 5.69 Å². The number of benzene rings is 3. The Morgan fingerprint density at radius 3 is 2.53 bits per heavy atom. The van der Waals surface area contributed by atoms with Gasteiger partial charge in [-0.05, 0) is 48.0 Å². The smallest absolute Gasteiger partial charge is 0.145 e. The second kappa shape index (κ2) is 6.78. The Morgan fingerprint density at radius 2 is 1.77 bits per heavy atom. The number of fused-ring (bicyclic) bond motifs is 2. The highest BCUT2D eigenvalue weighted by atomic mass is 19.1. The zero-order chi connectivity index (χ0) is 20.9. The van der Waals surface area contributed by atoms with E-state index in [1.165, 1.54) is 12.1 Å². The maximum Gasteiger partial charge on any atom is 0.145 e. The second-order valence-electron chi connectivity index (χ2n) is 7.47. The fourth-order valence-electron chi connectivity index (χ4n) is 4.05. The zero-order valence-corrected chi connectivity index (χ0v) is 16.3. The molecule has 0 amide bonds. The van der Waals surface area contributed by atoms with E-state index in [1.807, 2.05) is 35.9 Å². The molecule has 2 aromatic heterocycles. The second-order valence-corrected chi connectivity index (χ2v) is 7.47. The van der Waals surface area contributed by atoms with Gasteiger partial charge in [0.2, 0.25) is 0 Å². The van der Waals surface area contributed by atoms with Crippen LogP contribution in [-0.4, -0.2) is 26.1 Å². The number of aromatic nitrogens is 3. The quantitative estimate of drug-likeness (QED) is 0.466. The van der Waals surface area contributed by atoms with Gasteiger partial charge in [0.1, 0.15) is 18.1 Å². The third-order valence-corrected chi connectivity index (χ3v) is 5.65. The molecule has 0 aliphatic heterocycles. The Morgan fingerprint density at radius 1 is 1.00 bits per heavy atom. The molecule has 2 heterocycles. The van der Waals surface area contributed by atoms with Crippen molar-refractivity contribution in [2.24, 2.45) is 7.05 Å². The number of hydrogen-bond acceptors (Lipinski definition) is 2. The van der Waals surface area contributed by atoms with Gasteiger partial charge in [-0.15, -0.1) is 0 Å². The SMILES string of the molecule is Cn1cc(C(O)(CF)c2ccc3c(cnn3-c3ccc(F)cc3)c2)c2ccccc21. The summed E-state index contributed by atoms with van der Waals surface area (Å²) in [6, 6.07) is 18.9. The number of aliphatic hydroxyl groups is 1. The molecule has 150 valence electrons. The van der Waals surface area contributed by atoms with Crippen molar-refractivity contribution in [3.05, 3.63) is 96.1 Å². The average molecular weight is 403 g/mol. The van der Waals surface area contributed by atoms with E-state index in [2.05, 4.69) is 5.10 Å². The van der Waals surface area contributed by atoms with Gasteiger partial charge in [0, 0.05) is 35.1 Å². The molecule has 1 atom stereocenters. The lowest BCUT2D eigenvalue weighted by molar-refractivity contribution is 0.0532. The molecule has 5 rings (SSSR count). The van der Waals surface area contributed by atoms with Gasteiger partial charge in [-0.25, -0.2) is 13.5 Å². The van der Waals surface area contributed by atoms with E-state index in [9.17, 15) is 13.9 Å². The van der Waals surface area contributed by atoms with E-state index in [0.29, 0.717) is 16.8 Å². The van der Waals surface area contributed by atoms with Crippen molar-refractivity contribution in [2.45, 2.75) is 5.60 Å². The largest absolute Gasteiger partial charge is 0.378 e. The van der Waals surface area contributed by atoms with Crippen LogP contribution >= 0.6 is 0 Å². The van der Waals surface area contributed by atoms with Gasteiger partial charge in [-0.3, -0.25) is 0 Å². The van der Waals surface area contributed by atoms with Crippen LogP contribution < -0.4 is 0 Å². The molecule has 1 N–H and O–H groups in total. The number of hydrogen-bond donors (Lipinski definition) is 1. The number of para-hydroxylation sites is 1. The molecule has 0 aliphatic carbocycles. The Bertz CT molecular complexity index is 1370. The van der Waals surface area contributed by atoms with Crippen molar-refractivity contribution < 1.29 is 13.9 Å². The normalized spacial score (nSPS) is 13.7. The Labute approximate surface area is 171 Å². The maximum atomic E-state index is 14.3. The molecule has 4 nitrogen and oxygen atoms in total. The van der Waals surface area contributed by atoms with Crippen LogP contribution in [0.4, 0.5) is 8.78 Å². The molecule has 0 radical (unpaired) electrons. The first-order valence-corrected chi connectivity index (χ1v) is 9.58. The molecule has 6 heteroatoms. The minimum absolute atomic E-state index is 0.319. The first kappa shape index (κ1) is 18.5. The van der Waals surface area contributed by atoms with Crippen molar-refractivity contribution >= 4 is 21.8 Å². The van der Waals surface area contributed by atoms with Crippen molar-refractivity contribution in [2.75, 3.05) is 6.67 Å². The molecule has 1 unspecified atom stereocenters. The zero-order valence-electron chi connectivity index (χ0n) is 16.3. The van der Waals surface area contributed by atoms with E-state index in [-0.39, 0.29) is 5.82 Å². The Kier molecular flexibility index (Phi) is 4.18. The van der Waals surface area contributed by atoms with Crippen molar-refractivity contribution in [1.82, 2.24) is 14.3 Å². The third-order valence-electron chi connectivity index (χ3n) is 5.65. The lowest BCUT2D eigenvalue weighted by Gasteiger charge is -2.25. The summed E-state index contributed by atoms with van der Waals surface area (Å²) in [5, 5.41) is 17.4. The van der Waals surface area contributed by atoms with E-state index < -0.39 is 12.3 Å². The lowest BCUT2D eigenvalue weighted by Crippen LogP contribution is -2.29. The molecule has 3 aromatic carbocycles. The van der Waals surface area contributed by atoms with E-state index in [4.69, 9.17) is 0 Å². The van der Waals surface area contributed by atoms with Gasteiger partial charge in [-0.2, -0.15) is 5.10 Å². The first-order valence-electron chi connectivity index (χ1n) is 9.58. The van der Waals surface area contributed by atoms with Gasteiger partial charge < -0.3 is 9.67 Å². The number of nitrogens with zero attached hydrogens (tertiary/aromatic N) is 3. The topological polar surface area (TPSA) is 43.0 Å². The Hall–Kier alpha value is -3.51. The first-order chi connectivity index (χ1) is 14.5. The molecule has 5 aromatic rings. The minimum atomic E-state index is -1.78. The molecule has 0 saturated carbocycles. The molecular formula is C24H19F2N3O. The number of alkyl halides is 1. The van der Waals surface area contributed by atoms with Crippen molar-refractivity contribution in [1.29, 1.82) is 0 Å². The van der Waals surface area contributed by atoms with Gasteiger partial charge >= 0.3 is 0 Å². The maximum absolute atomic E-state index is 14.3. The van der Waals surface area contributed by atoms with Crippen LogP contribution in [0.3, 0.4) is 0 Å². The molecule has 0 saturated heterocycles. The van der Waals surface area contributed by atoms with Crippen LogP contribution in [0.15, 0.2) is 79.1 Å². The molecule has 0 spiro atoms. The monoisotopic (exact) mass is 403 g/mol. The van der Waals surface area contributed by atoms with Crippen LogP contribution in [-0.2, 0) is 12.6 Å².